The molecule has 2 heterocycles. The Kier molecular flexibility index (Phi) is 6.09. The van der Waals surface area contributed by atoms with Crippen molar-refractivity contribution in [2.75, 3.05) is 6.61 Å². The van der Waals surface area contributed by atoms with Crippen LogP contribution in [0.4, 0.5) is 0 Å². The molecule has 0 aliphatic rings. The maximum atomic E-state index is 12.0. The Balaban J connectivity index is 1.99. The van der Waals surface area contributed by atoms with Gasteiger partial charge in [-0.2, -0.15) is 0 Å². The van der Waals surface area contributed by atoms with E-state index in [9.17, 15) is 14.4 Å². The summed E-state index contributed by atoms with van der Waals surface area (Å²) in [5.74, 6) is 0.182. The van der Waals surface area contributed by atoms with E-state index in [2.05, 4.69) is 20.2 Å². The van der Waals surface area contributed by atoms with Crippen LogP contribution in [0.5, 0.6) is 0 Å². The fourth-order valence-electron chi connectivity index (χ4n) is 2.58. The van der Waals surface area contributed by atoms with Gasteiger partial charge in [0.1, 0.15) is 11.1 Å². The van der Waals surface area contributed by atoms with Crippen molar-refractivity contribution in [1.29, 1.82) is 0 Å². The number of para-hydroxylation sites is 1. The third-order valence-electron chi connectivity index (χ3n) is 3.78. The summed E-state index contributed by atoms with van der Waals surface area (Å²) in [4.78, 5) is 39.8. The number of hydrogen-bond acceptors (Lipinski definition) is 7. The lowest BCUT2D eigenvalue weighted by Gasteiger charge is -2.13. The van der Waals surface area contributed by atoms with Gasteiger partial charge in [0.2, 0.25) is 0 Å². The summed E-state index contributed by atoms with van der Waals surface area (Å²) >= 11 is 1.23. The number of esters is 1. The van der Waals surface area contributed by atoms with Crippen molar-refractivity contribution in [2.45, 2.75) is 30.7 Å². The molecule has 9 nitrogen and oxygen atoms in total. The Bertz CT molecular complexity index is 1050. The zero-order valence-corrected chi connectivity index (χ0v) is 16.2. The minimum Gasteiger partial charge on any atom is -0.465 e. The first-order valence-corrected chi connectivity index (χ1v) is 9.51. The third kappa shape index (κ3) is 4.58. The molecule has 0 bridgehead atoms. The van der Waals surface area contributed by atoms with E-state index in [-0.39, 0.29) is 12.4 Å². The highest BCUT2D eigenvalue weighted by Crippen LogP contribution is 2.27. The van der Waals surface area contributed by atoms with E-state index >= 15 is 0 Å². The van der Waals surface area contributed by atoms with Crippen LogP contribution in [0.25, 0.3) is 5.69 Å². The number of ether oxygens (including phenoxy) is 1. The fourth-order valence-corrected chi connectivity index (χ4v) is 3.46. The zero-order chi connectivity index (χ0) is 20.1. The number of benzene rings is 1. The molecule has 0 radical (unpaired) electrons. The number of aromatic amines is 2. The van der Waals surface area contributed by atoms with Crippen LogP contribution in [0.2, 0.25) is 0 Å². The second-order valence-electron chi connectivity index (χ2n) is 5.87. The number of carbonyl (C=O) groups excluding carboxylic acids is 1. The molecular weight excluding hydrogens is 382 g/mol. The molecule has 0 fully saturated rings. The molecule has 0 spiro atoms. The van der Waals surface area contributed by atoms with E-state index < -0.39 is 16.5 Å². The van der Waals surface area contributed by atoms with Gasteiger partial charge in [-0.15, -0.1) is 10.2 Å². The van der Waals surface area contributed by atoms with Gasteiger partial charge in [0.25, 0.3) is 5.56 Å². The van der Waals surface area contributed by atoms with Gasteiger partial charge < -0.3 is 9.72 Å². The molecule has 0 unspecified atom stereocenters. The minimum atomic E-state index is -0.584. The Morgan fingerprint density at radius 3 is 2.64 bits per heavy atom. The Labute approximate surface area is 164 Å². The summed E-state index contributed by atoms with van der Waals surface area (Å²) in [6.07, 6.45) is 0.190. The summed E-state index contributed by atoms with van der Waals surface area (Å²) in [6.45, 7) is 3.79. The molecule has 146 valence electrons. The number of rotatable bonds is 7. The van der Waals surface area contributed by atoms with Gasteiger partial charge in [-0.3, -0.25) is 19.1 Å². The number of nitrogens with zero attached hydrogens (tertiary/aromatic N) is 3. The van der Waals surface area contributed by atoms with Gasteiger partial charge in [0.15, 0.2) is 5.16 Å². The first-order valence-electron chi connectivity index (χ1n) is 8.63. The van der Waals surface area contributed by atoms with Gasteiger partial charge >= 0.3 is 11.7 Å². The van der Waals surface area contributed by atoms with Crippen LogP contribution in [-0.4, -0.2) is 42.6 Å². The summed E-state index contributed by atoms with van der Waals surface area (Å²) in [5.41, 5.74) is 0.135. The number of carbonyl (C=O) groups is 1. The molecular formula is C18H19N5O4S. The highest BCUT2D eigenvalue weighted by Gasteiger charge is 2.22. The Hall–Kier alpha value is -3.14. The SMILES string of the molecule is CCOC(=O)[C@@H](C)Sc1nnc(Cc2cc(=O)[nH]c(=O)[nH]2)n1-c1ccccc1. The predicted octanol–water partition coefficient (Wildman–Crippen LogP) is 1.28. The standard InChI is InChI=1S/C18H19N5O4S/c1-3-27-16(25)11(2)28-18-22-21-14(23(18)13-7-5-4-6-8-13)9-12-10-15(24)20-17(26)19-12/h4-8,10-11H,3,9H2,1-2H3,(H2,19,20,24,26)/t11-/m1/s1. The minimum absolute atomic E-state index is 0.190. The van der Waals surface area contributed by atoms with Gasteiger partial charge in [0.05, 0.1) is 6.61 Å². The van der Waals surface area contributed by atoms with Crippen molar-refractivity contribution < 1.29 is 9.53 Å². The number of H-pyrrole nitrogens is 2. The average molecular weight is 401 g/mol. The normalized spacial score (nSPS) is 11.9. The lowest BCUT2D eigenvalue weighted by molar-refractivity contribution is -0.142. The van der Waals surface area contributed by atoms with Gasteiger partial charge in [-0.05, 0) is 26.0 Å². The Morgan fingerprint density at radius 1 is 1.21 bits per heavy atom. The predicted molar refractivity (Wildman–Crippen MR) is 104 cm³/mol. The molecule has 1 aromatic carbocycles. The van der Waals surface area contributed by atoms with Crippen molar-refractivity contribution >= 4 is 17.7 Å². The average Bonchev–Trinajstić information content (AvgIpc) is 3.03. The number of hydrogen-bond donors (Lipinski definition) is 2. The molecule has 2 N–H and O–H groups in total. The van der Waals surface area contributed by atoms with E-state index in [0.717, 1.165) is 5.69 Å². The molecule has 2 aromatic heterocycles. The van der Waals surface area contributed by atoms with Gasteiger partial charge in [-0.25, -0.2) is 4.79 Å². The lowest BCUT2D eigenvalue weighted by atomic mass is 10.2. The summed E-state index contributed by atoms with van der Waals surface area (Å²) in [6, 6.07) is 10.7. The maximum Gasteiger partial charge on any atom is 0.325 e. The van der Waals surface area contributed by atoms with Crippen molar-refractivity contribution in [3.63, 3.8) is 0 Å². The van der Waals surface area contributed by atoms with Crippen LogP contribution in [0.1, 0.15) is 25.4 Å². The fraction of sp³-hybridized carbons (Fsp3) is 0.278. The molecule has 10 heteroatoms. The lowest BCUT2D eigenvalue weighted by Crippen LogP contribution is -2.23. The first-order chi connectivity index (χ1) is 13.5. The van der Waals surface area contributed by atoms with Crippen molar-refractivity contribution in [3.05, 3.63) is 68.8 Å². The molecule has 3 aromatic rings. The topological polar surface area (TPSA) is 123 Å². The van der Waals surface area contributed by atoms with E-state index in [1.807, 2.05) is 30.3 Å². The highest BCUT2D eigenvalue weighted by atomic mass is 32.2. The van der Waals surface area contributed by atoms with Crippen LogP contribution in [-0.2, 0) is 16.0 Å². The monoisotopic (exact) mass is 401 g/mol. The van der Waals surface area contributed by atoms with Crippen molar-refractivity contribution in [1.82, 2.24) is 24.7 Å². The van der Waals surface area contributed by atoms with E-state index in [0.29, 0.717) is 23.3 Å². The molecule has 0 saturated carbocycles. The van der Waals surface area contributed by atoms with E-state index in [1.54, 1.807) is 18.4 Å². The third-order valence-corrected chi connectivity index (χ3v) is 4.80. The summed E-state index contributed by atoms with van der Waals surface area (Å²) in [5, 5.41) is 8.45. The molecule has 28 heavy (non-hydrogen) atoms. The number of thioether (sulfide) groups is 1. The molecule has 3 rings (SSSR count). The van der Waals surface area contributed by atoms with Crippen LogP contribution in [0.15, 0.2) is 51.1 Å². The number of aromatic nitrogens is 5. The second kappa shape index (κ2) is 8.70. The van der Waals surface area contributed by atoms with Crippen molar-refractivity contribution in [2.24, 2.45) is 0 Å². The largest absolute Gasteiger partial charge is 0.465 e. The van der Waals surface area contributed by atoms with Crippen LogP contribution >= 0.6 is 11.8 Å². The molecule has 1 atom stereocenters. The van der Waals surface area contributed by atoms with E-state index in [4.69, 9.17) is 4.74 Å². The van der Waals surface area contributed by atoms with Gasteiger partial charge in [0, 0.05) is 23.9 Å². The first kappa shape index (κ1) is 19.6. The smallest absolute Gasteiger partial charge is 0.325 e. The molecule has 0 saturated heterocycles. The molecule has 0 aliphatic carbocycles. The highest BCUT2D eigenvalue weighted by molar-refractivity contribution is 8.00. The van der Waals surface area contributed by atoms with Crippen LogP contribution < -0.4 is 11.2 Å². The summed E-state index contributed by atoms with van der Waals surface area (Å²) < 4.78 is 6.85. The quantitative estimate of drug-likeness (QED) is 0.451. The van der Waals surface area contributed by atoms with Gasteiger partial charge in [-0.1, -0.05) is 30.0 Å². The molecule has 0 aliphatic heterocycles. The molecule has 0 amide bonds. The zero-order valence-electron chi connectivity index (χ0n) is 15.3. The number of nitrogens with one attached hydrogen (secondary N) is 2. The summed E-state index contributed by atoms with van der Waals surface area (Å²) in [7, 11) is 0. The Morgan fingerprint density at radius 2 is 1.96 bits per heavy atom. The van der Waals surface area contributed by atoms with Crippen molar-refractivity contribution in [3.8, 4) is 5.69 Å². The maximum absolute atomic E-state index is 12.0. The second-order valence-corrected chi connectivity index (χ2v) is 7.18. The van der Waals surface area contributed by atoms with Crippen LogP contribution in [0.3, 0.4) is 0 Å². The van der Waals surface area contributed by atoms with Crippen LogP contribution in [0, 0.1) is 0 Å². The van der Waals surface area contributed by atoms with E-state index in [1.165, 1.54) is 17.8 Å².